The molecule has 1 aliphatic rings. The number of hydrogen-bond acceptors (Lipinski definition) is 3. The third kappa shape index (κ3) is 4.47. The maximum absolute atomic E-state index is 12.4. The molecular formula is C18H26N2O3. The largest absolute Gasteiger partial charge is 0.481 e. The topological polar surface area (TPSA) is 49.9 Å². The summed E-state index contributed by atoms with van der Waals surface area (Å²) in [5, 5.41) is 0. The zero-order chi connectivity index (χ0) is 17.0. The number of carbonyl (C=O) groups excluding carboxylic acids is 2. The molecule has 5 nitrogen and oxygen atoms in total. The van der Waals surface area contributed by atoms with Crippen LogP contribution in [0.15, 0.2) is 24.3 Å². The van der Waals surface area contributed by atoms with Crippen LogP contribution in [0.3, 0.4) is 0 Å². The van der Waals surface area contributed by atoms with Crippen molar-refractivity contribution in [3.63, 3.8) is 0 Å². The van der Waals surface area contributed by atoms with Crippen LogP contribution < -0.4 is 4.74 Å². The second kappa shape index (κ2) is 7.02. The summed E-state index contributed by atoms with van der Waals surface area (Å²) < 4.78 is 5.78. The molecule has 2 amide bonds. The molecule has 1 aliphatic heterocycles. The molecule has 0 aliphatic carbocycles. The molecule has 0 bridgehead atoms. The fraction of sp³-hybridized carbons (Fsp3) is 0.556. The van der Waals surface area contributed by atoms with Crippen molar-refractivity contribution in [3.8, 4) is 5.75 Å². The molecule has 0 aromatic heterocycles. The first-order chi connectivity index (χ1) is 10.8. The van der Waals surface area contributed by atoms with E-state index in [-0.39, 0.29) is 11.3 Å². The van der Waals surface area contributed by atoms with Crippen molar-refractivity contribution in [2.45, 2.75) is 39.2 Å². The average Bonchev–Trinajstić information content (AvgIpc) is 2.54. The van der Waals surface area contributed by atoms with Crippen molar-refractivity contribution in [1.29, 1.82) is 0 Å². The molecule has 1 atom stereocenters. The van der Waals surface area contributed by atoms with E-state index in [1.165, 1.54) is 5.56 Å². The molecule has 0 radical (unpaired) electrons. The van der Waals surface area contributed by atoms with E-state index in [1.54, 1.807) is 16.7 Å². The lowest BCUT2D eigenvalue weighted by Crippen LogP contribution is -2.51. The summed E-state index contributed by atoms with van der Waals surface area (Å²) in [6.45, 7) is 10.6. The Labute approximate surface area is 138 Å². The summed E-state index contributed by atoms with van der Waals surface area (Å²) in [5.74, 6) is 0.667. The molecular weight excluding hydrogens is 292 g/mol. The van der Waals surface area contributed by atoms with Crippen LogP contribution in [0.4, 0.5) is 0 Å². The normalized spacial score (nSPS) is 16.9. The quantitative estimate of drug-likeness (QED) is 0.799. The van der Waals surface area contributed by atoms with Crippen molar-refractivity contribution < 1.29 is 14.3 Å². The first kappa shape index (κ1) is 17.3. The monoisotopic (exact) mass is 318 g/mol. The van der Waals surface area contributed by atoms with Gasteiger partial charge in [-0.1, -0.05) is 32.9 Å². The van der Waals surface area contributed by atoms with Gasteiger partial charge in [-0.3, -0.25) is 9.59 Å². The number of carbonyl (C=O) groups is 2. The summed E-state index contributed by atoms with van der Waals surface area (Å²) in [5.41, 5.74) is 1.33. The third-order valence-electron chi connectivity index (χ3n) is 4.16. The van der Waals surface area contributed by atoms with Crippen LogP contribution in [-0.2, 0) is 15.0 Å². The highest BCUT2D eigenvalue weighted by molar-refractivity contribution is 5.81. The van der Waals surface area contributed by atoms with Gasteiger partial charge in [-0.2, -0.15) is 0 Å². The Bertz CT molecular complexity index is 540. The van der Waals surface area contributed by atoms with Gasteiger partial charge < -0.3 is 14.5 Å². The van der Waals surface area contributed by atoms with Gasteiger partial charge in [0.2, 0.25) is 6.41 Å². The van der Waals surface area contributed by atoms with Gasteiger partial charge in [0, 0.05) is 26.2 Å². The summed E-state index contributed by atoms with van der Waals surface area (Å²) in [6, 6.07) is 7.90. The molecule has 5 heteroatoms. The summed E-state index contributed by atoms with van der Waals surface area (Å²) in [6.07, 6.45) is 0.302. The van der Waals surface area contributed by atoms with Crippen LogP contribution in [0.1, 0.15) is 33.3 Å². The molecule has 0 N–H and O–H groups in total. The predicted octanol–water partition coefficient (Wildman–Crippen LogP) is 2.05. The zero-order valence-corrected chi connectivity index (χ0v) is 14.4. The lowest BCUT2D eigenvalue weighted by atomic mass is 9.87. The van der Waals surface area contributed by atoms with E-state index in [9.17, 15) is 9.59 Å². The summed E-state index contributed by atoms with van der Waals surface area (Å²) in [4.78, 5) is 26.6. The molecule has 0 unspecified atom stereocenters. The molecule has 0 saturated carbocycles. The maximum atomic E-state index is 12.4. The van der Waals surface area contributed by atoms with E-state index in [4.69, 9.17) is 4.74 Å². The van der Waals surface area contributed by atoms with Crippen molar-refractivity contribution >= 4 is 12.3 Å². The first-order valence-corrected chi connectivity index (χ1v) is 8.06. The van der Waals surface area contributed by atoms with Crippen molar-refractivity contribution in [2.24, 2.45) is 0 Å². The highest BCUT2D eigenvalue weighted by Gasteiger charge is 2.25. The second-order valence-electron chi connectivity index (χ2n) is 7.00. The molecule has 126 valence electrons. The number of ether oxygens (including phenoxy) is 1. The molecule has 23 heavy (non-hydrogen) atoms. The lowest BCUT2D eigenvalue weighted by Gasteiger charge is -2.34. The van der Waals surface area contributed by atoms with E-state index in [1.807, 2.05) is 24.3 Å². The average molecular weight is 318 g/mol. The van der Waals surface area contributed by atoms with Crippen molar-refractivity contribution in [3.05, 3.63) is 29.8 Å². The number of amides is 2. The Morgan fingerprint density at radius 2 is 1.70 bits per heavy atom. The van der Waals surface area contributed by atoms with E-state index in [2.05, 4.69) is 20.8 Å². The molecule has 2 rings (SSSR count). The van der Waals surface area contributed by atoms with Crippen molar-refractivity contribution in [2.75, 3.05) is 26.2 Å². The summed E-state index contributed by atoms with van der Waals surface area (Å²) >= 11 is 0. The van der Waals surface area contributed by atoms with Gasteiger partial charge in [-0.05, 0) is 30.0 Å². The second-order valence-corrected chi connectivity index (χ2v) is 7.00. The number of benzene rings is 1. The molecule has 1 aromatic rings. The van der Waals surface area contributed by atoms with Gasteiger partial charge in [0.25, 0.3) is 5.91 Å². The smallest absolute Gasteiger partial charge is 0.263 e. The van der Waals surface area contributed by atoms with Gasteiger partial charge in [0.15, 0.2) is 6.10 Å². The van der Waals surface area contributed by atoms with Crippen LogP contribution in [0, 0.1) is 0 Å². The fourth-order valence-electron chi connectivity index (χ4n) is 2.59. The minimum absolute atomic E-state index is 0.0320. The Morgan fingerprint density at radius 1 is 1.13 bits per heavy atom. The van der Waals surface area contributed by atoms with Crippen LogP contribution in [0.5, 0.6) is 5.75 Å². The van der Waals surface area contributed by atoms with Crippen LogP contribution >= 0.6 is 0 Å². The van der Waals surface area contributed by atoms with Gasteiger partial charge in [0.1, 0.15) is 5.75 Å². The van der Waals surface area contributed by atoms with Gasteiger partial charge in [0.05, 0.1) is 0 Å². The van der Waals surface area contributed by atoms with Gasteiger partial charge in [-0.15, -0.1) is 0 Å². The first-order valence-electron chi connectivity index (χ1n) is 8.06. The minimum atomic E-state index is -0.529. The molecule has 1 heterocycles. The number of rotatable bonds is 4. The van der Waals surface area contributed by atoms with Crippen LogP contribution in [-0.4, -0.2) is 54.4 Å². The SMILES string of the molecule is C[C@H](Oc1ccc(C(C)(C)C)cc1)C(=O)N1CCN(C=O)CC1. The van der Waals surface area contributed by atoms with E-state index < -0.39 is 6.10 Å². The standard InChI is InChI=1S/C18H26N2O3/c1-14(17(22)20-11-9-19(13-21)10-12-20)23-16-7-5-15(6-8-16)18(2,3)4/h5-8,13-14H,9-12H2,1-4H3/t14-/m0/s1. The lowest BCUT2D eigenvalue weighted by molar-refractivity contribution is -0.141. The highest BCUT2D eigenvalue weighted by Crippen LogP contribution is 2.24. The van der Waals surface area contributed by atoms with Crippen LogP contribution in [0.25, 0.3) is 0 Å². The fourth-order valence-corrected chi connectivity index (χ4v) is 2.59. The van der Waals surface area contributed by atoms with Crippen molar-refractivity contribution in [1.82, 2.24) is 9.80 Å². The zero-order valence-electron chi connectivity index (χ0n) is 14.4. The maximum Gasteiger partial charge on any atom is 0.263 e. The molecule has 1 aromatic carbocycles. The van der Waals surface area contributed by atoms with Gasteiger partial charge in [-0.25, -0.2) is 0 Å². The minimum Gasteiger partial charge on any atom is -0.481 e. The molecule has 1 fully saturated rings. The molecule has 1 saturated heterocycles. The third-order valence-corrected chi connectivity index (χ3v) is 4.16. The van der Waals surface area contributed by atoms with E-state index >= 15 is 0 Å². The molecule has 0 spiro atoms. The Hall–Kier alpha value is -2.04. The Kier molecular flexibility index (Phi) is 5.29. The Morgan fingerprint density at radius 3 is 2.17 bits per heavy atom. The predicted molar refractivity (Wildman–Crippen MR) is 89.4 cm³/mol. The van der Waals surface area contributed by atoms with Crippen LogP contribution in [0.2, 0.25) is 0 Å². The number of piperazine rings is 1. The summed E-state index contributed by atoms with van der Waals surface area (Å²) in [7, 11) is 0. The van der Waals surface area contributed by atoms with E-state index in [0.717, 1.165) is 6.41 Å². The number of nitrogens with zero attached hydrogens (tertiary/aromatic N) is 2. The number of hydrogen-bond donors (Lipinski definition) is 0. The Balaban J connectivity index is 1.92. The highest BCUT2D eigenvalue weighted by atomic mass is 16.5. The van der Waals surface area contributed by atoms with Gasteiger partial charge >= 0.3 is 0 Å². The van der Waals surface area contributed by atoms with E-state index in [0.29, 0.717) is 31.9 Å².